The van der Waals surface area contributed by atoms with Gasteiger partial charge in [0.25, 0.3) is 0 Å². The Morgan fingerprint density at radius 3 is 2.69 bits per heavy atom. The average Bonchev–Trinajstić information content (AvgIpc) is 2.52. The van der Waals surface area contributed by atoms with E-state index in [1.54, 1.807) is 0 Å². The van der Waals surface area contributed by atoms with Crippen molar-refractivity contribution in [3.05, 3.63) is 20.3 Å². The van der Waals surface area contributed by atoms with Crippen molar-refractivity contribution in [1.82, 2.24) is 10.6 Å². The van der Waals surface area contributed by atoms with Crippen LogP contribution in [0.1, 0.15) is 25.5 Å². The van der Waals surface area contributed by atoms with Crippen LogP contribution in [-0.4, -0.2) is 19.0 Å². The summed E-state index contributed by atoms with van der Waals surface area (Å²) in [6, 6.07) is 2.00. The van der Waals surface area contributed by atoms with Crippen LogP contribution in [0.4, 0.5) is 0 Å². The summed E-state index contributed by atoms with van der Waals surface area (Å²) in [6.07, 6.45) is 0. The molecule has 0 saturated carbocycles. The molecule has 1 heterocycles. The number of carbonyl (C=O) groups is 1. The molecule has 0 radical (unpaired) electrons. The van der Waals surface area contributed by atoms with E-state index in [-0.39, 0.29) is 11.9 Å². The highest BCUT2D eigenvalue weighted by Gasteiger charge is 2.12. The Bertz CT molecular complexity index is 368. The fourth-order valence-electron chi connectivity index (χ4n) is 1.29. The lowest BCUT2D eigenvalue weighted by atomic mass is 10.2. The van der Waals surface area contributed by atoms with Gasteiger partial charge in [0.2, 0.25) is 5.91 Å². The first-order valence-corrected chi connectivity index (χ1v) is 6.50. The van der Waals surface area contributed by atoms with Crippen LogP contribution in [0.2, 0.25) is 8.67 Å². The van der Waals surface area contributed by atoms with Crippen molar-refractivity contribution in [2.24, 2.45) is 0 Å². The van der Waals surface area contributed by atoms with E-state index in [0.29, 0.717) is 21.8 Å². The van der Waals surface area contributed by atoms with E-state index in [1.807, 2.05) is 13.0 Å². The van der Waals surface area contributed by atoms with Gasteiger partial charge >= 0.3 is 0 Å². The molecule has 1 aromatic rings. The first-order chi connectivity index (χ1) is 7.50. The number of halogens is 2. The molecule has 2 N–H and O–H groups in total. The van der Waals surface area contributed by atoms with E-state index in [0.717, 1.165) is 5.56 Å². The van der Waals surface area contributed by atoms with Crippen molar-refractivity contribution in [1.29, 1.82) is 0 Å². The molecule has 3 nitrogen and oxygen atoms in total. The second-order valence-corrected chi connectivity index (χ2v) is 5.72. The van der Waals surface area contributed by atoms with E-state index in [1.165, 1.54) is 18.3 Å². The molecule has 1 rings (SSSR count). The Morgan fingerprint density at radius 1 is 1.50 bits per heavy atom. The smallest absolute Gasteiger partial charge is 0.216 e. The largest absolute Gasteiger partial charge is 0.355 e. The summed E-state index contributed by atoms with van der Waals surface area (Å²) in [4.78, 5) is 10.6. The lowest BCUT2D eigenvalue weighted by Crippen LogP contribution is -2.31. The van der Waals surface area contributed by atoms with Gasteiger partial charge in [0, 0.05) is 26.1 Å². The molecule has 16 heavy (non-hydrogen) atoms. The van der Waals surface area contributed by atoms with Gasteiger partial charge < -0.3 is 10.6 Å². The van der Waals surface area contributed by atoms with E-state index < -0.39 is 0 Å². The molecular formula is C10H14Cl2N2OS. The molecular weight excluding hydrogens is 267 g/mol. The van der Waals surface area contributed by atoms with Crippen molar-refractivity contribution < 1.29 is 4.79 Å². The number of nitrogens with one attached hydrogen (secondary N) is 2. The second kappa shape index (κ2) is 6.45. The van der Waals surface area contributed by atoms with Crippen LogP contribution in [-0.2, 0) is 4.79 Å². The van der Waals surface area contributed by atoms with Gasteiger partial charge in [-0.05, 0) is 18.6 Å². The molecule has 0 aromatic carbocycles. The van der Waals surface area contributed by atoms with Crippen LogP contribution in [0.3, 0.4) is 0 Å². The predicted octanol–water partition coefficient (Wildman–Crippen LogP) is 2.84. The Morgan fingerprint density at radius 2 is 2.19 bits per heavy atom. The topological polar surface area (TPSA) is 41.1 Å². The highest BCUT2D eigenvalue weighted by Crippen LogP contribution is 2.34. The zero-order valence-electron chi connectivity index (χ0n) is 9.14. The van der Waals surface area contributed by atoms with Crippen LogP contribution in [0.15, 0.2) is 6.07 Å². The monoisotopic (exact) mass is 280 g/mol. The highest BCUT2D eigenvalue weighted by molar-refractivity contribution is 7.20. The molecule has 0 bridgehead atoms. The van der Waals surface area contributed by atoms with Crippen LogP contribution < -0.4 is 10.6 Å². The maximum Gasteiger partial charge on any atom is 0.216 e. The molecule has 0 saturated heterocycles. The number of hydrogen-bond donors (Lipinski definition) is 2. The van der Waals surface area contributed by atoms with Crippen LogP contribution in [0.25, 0.3) is 0 Å². The number of rotatable bonds is 5. The summed E-state index contributed by atoms with van der Waals surface area (Å²) in [5, 5.41) is 5.97. The zero-order chi connectivity index (χ0) is 12.1. The molecule has 1 aromatic heterocycles. The Balaban J connectivity index is 2.38. The van der Waals surface area contributed by atoms with Crippen molar-refractivity contribution in [3.63, 3.8) is 0 Å². The molecule has 6 heteroatoms. The van der Waals surface area contributed by atoms with Crippen LogP contribution >= 0.6 is 34.5 Å². The molecule has 90 valence electrons. The van der Waals surface area contributed by atoms with E-state index >= 15 is 0 Å². The van der Waals surface area contributed by atoms with E-state index in [2.05, 4.69) is 10.6 Å². The number of hydrogen-bond acceptors (Lipinski definition) is 3. The Hall–Kier alpha value is -0.290. The Labute approximate surface area is 109 Å². The molecule has 0 aliphatic carbocycles. The van der Waals surface area contributed by atoms with Gasteiger partial charge in [0.1, 0.15) is 0 Å². The summed E-state index contributed by atoms with van der Waals surface area (Å²) in [6.45, 7) is 4.82. The standard InChI is InChI=1S/C10H14Cl2N2OS/c1-6(13-3-4-14-7(2)15)8-5-9(11)16-10(8)12/h5-6,13H,3-4H2,1-2H3,(H,14,15). The molecule has 0 aliphatic heterocycles. The summed E-state index contributed by atoms with van der Waals surface area (Å²) in [5.41, 5.74) is 1.000. The third-order valence-electron chi connectivity index (χ3n) is 2.10. The minimum absolute atomic E-state index is 0.0222. The van der Waals surface area contributed by atoms with Gasteiger partial charge in [0.05, 0.1) is 8.67 Å². The molecule has 0 aliphatic rings. The summed E-state index contributed by atoms with van der Waals surface area (Å²) in [5.74, 6) is -0.0222. The minimum atomic E-state index is -0.0222. The third-order valence-corrected chi connectivity index (χ3v) is 3.62. The fourth-order valence-corrected chi connectivity index (χ4v) is 2.93. The SMILES string of the molecule is CC(=O)NCCNC(C)c1cc(Cl)sc1Cl. The van der Waals surface area contributed by atoms with Gasteiger partial charge in [0.15, 0.2) is 0 Å². The maximum atomic E-state index is 10.6. The summed E-state index contributed by atoms with van der Waals surface area (Å²) >= 11 is 13.3. The number of carbonyl (C=O) groups excluding carboxylic acids is 1. The maximum absolute atomic E-state index is 10.6. The first-order valence-electron chi connectivity index (χ1n) is 4.93. The quantitative estimate of drug-likeness (QED) is 0.815. The van der Waals surface area contributed by atoms with Crippen LogP contribution in [0, 0.1) is 0 Å². The molecule has 0 fully saturated rings. The van der Waals surface area contributed by atoms with Crippen molar-refractivity contribution in [2.75, 3.05) is 13.1 Å². The minimum Gasteiger partial charge on any atom is -0.355 e. The predicted molar refractivity (Wildman–Crippen MR) is 69.4 cm³/mol. The van der Waals surface area contributed by atoms with Crippen molar-refractivity contribution in [2.45, 2.75) is 19.9 Å². The summed E-state index contributed by atoms with van der Waals surface area (Å²) in [7, 11) is 0. The summed E-state index contributed by atoms with van der Waals surface area (Å²) < 4.78 is 1.40. The van der Waals surface area contributed by atoms with E-state index in [9.17, 15) is 4.79 Å². The van der Waals surface area contributed by atoms with Gasteiger partial charge in [-0.1, -0.05) is 23.2 Å². The fraction of sp³-hybridized carbons (Fsp3) is 0.500. The normalized spacial score (nSPS) is 12.5. The number of thiophene rings is 1. The molecule has 1 atom stereocenters. The second-order valence-electron chi connectivity index (χ2n) is 3.44. The van der Waals surface area contributed by atoms with Gasteiger partial charge in [-0.3, -0.25) is 4.79 Å². The molecule has 1 unspecified atom stereocenters. The first kappa shape index (κ1) is 13.8. The van der Waals surface area contributed by atoms with Crippen LogP contribution in [0.5, 0.6) is 0 Å². The van der Waals surface area contributed by atoms with Gasteiger partial charge in [-0.2, -0.15) is 0 Å². The highest BCUT2D eigenvalue weighted by atomic mass is 35.5. The zero-order valence-corrected chi connectivity index (χ0v) is 11.5. The number of amides is 1. The third kappa shape index (κ3) is 4.29. The lowest BCUT2D eigenvalue weighted by molar-refractivity contribution is -0.118. The molecule has 1 amide bonds. The van der Waals surface area contributed by atoms with E-state index in [4.69, 9.17) is 23.2 Å². The lowest BCUT2D eigenvalue weighted by Gasteiger charge is -2.13. The van der Waals surface area contributed by atoms with Crippen molar-refractivity contribution >= 4 is 40.4 Å². The van der Waals surface area contributed by atoms with Gasteiger partial charge in [-0.25, -0.2) is 0 Å². The van der Waals surface area contributed by atoms with Gasteiger partial charge in [-0.15, -0.1) is 11.3 Å². The Kier molecular flexibility index (Phi) is 5.55. The average molecular weight is 281 g/mol. The molecule has 0 spiro atoms. The van der Waals surface area contributed by atoms with Crippen molar-refractivity contribution in [3.8, 4) is 0 Å².